The highest BCUT2D eigenvalue weighted by molar-refractivity contribution is 5.71. The van der Waals surface area contributed by atoms with Crippen molar-refractivity contribution in [2.45, 2.75) is 61.4 Å². The summed E-state index contributed by atoms with van der Waals surface area (Å²) in [4.78, 5) is 22.5. The molecule has 0 aromatic heterocycles. The Bertz CT molecular complexity index is 541. The Morgan fingerprint density at radius 2 is 1.19 bits per heavy atom. The van der Waals surface area contributed by atoms with Crippen LogP contribution in [-0.4, -0.2) is 108 Å². The largest absolute Gasteiger partial charge is 0.547 e. The second-order valence-corrected chi connectivity index (χ2v) is 5.99. The predicted octanol–water partition coefficient (Wildman–Crippen LogP) is -6.57. The maximum Gasteiger partial charge on any atom is 0.187 e. The molecular formula is C14H20O13-2. The van der Waals surface area contributed by atoms with Gasteiger partial charge in [-0.2, -0.15) is 0 Å². The minimum Gasteiger partial charge on any atom is -0.547 e. The summed E-state index contributed by atoms with van der Waals surface area (Å²) in [5.41, 5.74) is 0. The maximum atomic E-state index is 11.3. The summed E-state index contributed by atoms with van der Waals surface area (Å²) in [5, 5.41) is 62.6. The van der Waals surface area contributed by atoms with Crippen molar-refractivity contribution in [1.82, 2.24) is 0 Å². The summed E-state index contributed by atoms with van der Waals surface area (Å²) in [6, 6.07) is 0. The van der Waals surface area contributed by atoms with Gasteiger partial charge in [-0.25, -0.2) is 0 Å². The smallest absolute Gasteiger partial charge is 0.187 e. The molecule has 2 aliphatic rings. The van der Waals surface area contributed by atoms with Crippen LogP contribution in [0.15, 0.2) is 0 Å². The molecule has 13 nitrogen and oxygen atoms in total. The first kappa shape index (κ1) is 21.9. The first-order valence-corrected chi connectivity index (χ1v) is 7.80. The molecule has 0 spiro atoms. The van der Waals surface area contributed by atoms with Crippen molar-refractivity contribution in [1.29, 1.82) is 0 Å². The van der Waals surface area contributed by atoms with Gasteiger partial charge in [-0.05, 0) is 0 Å². The molecule has 2 rings (SSSR count). The minimum absolute atomic E-state index is 1.06. The fourth-order valence-corrected chi connectivity index (χ4v) is 2.93. The number of carbonyl (C=O) groups excluding carboxylic acids is 2. The van der Waals surface area contributed by atoms with Crippen molar-refractivity contribution in [3.8, 4) is 0 Å². The average Bonchev–Trinajstić information content (AvgIpc) is 2.62. The molecule has 13 heteroatoms. The van der Waals surface area contributed by atoms with E-state index in [9.17, 15) is 40.2 Å². The summed E-state index contributed by atoms with van der Waals surface area (Å²) in [6.45, 7) is 0. The Hall–Kier alpha value is -1.42. The van der Waals surface area contributed by atoms with Gasteiger partial charge in [0.05, 0.1) is 11.9 Å². The van der Waals surface area contributed by atoms with Crippen LogP contribution in [0.25, 0.3) is 0 Å². The fourth-order valence-electron chi connectivity index (χ4n) is 2.93. The fraction of sp³-hybridized carbons (Fsp3) is 0.857. The van der Waals surface area contributed by atoms with Gasteiger partial charge >= 0.3 is 0 Å². The number of carbonyl (C=O) groups is 2. The van der Waals surface area contributed by atoms with Gasteiger partial charge in [0.15, 0.2) is 12.6 Å². The van der Waals surface area contributed by atoms with Crippen LogP contribution in [0.4, 0.5) is 0 Å². The minimum atomic E-state index is -1.97. The number of aliphatic carboxylic acids is 2. The number of aliphatic hydroxyl groups excluding tert-OH is 4. The van der Waals surface area contributed by atoms with E-state index in [2.05, 4.69) is 0 Å². The Kier molecular flexibility index (Phi) is 7.07. The lowest BCUT2D eigenvalue weighted by atomic mass is 9.96. The van der Waals surface area contributed by atoms with E-state index >= 15 is 0 Å². The molecule has 10 atom stereocenters. The maximum absolute atomic E-state index is 11.3. The number of aliphatic hydroxyl groups is 4. The molecule has 27 heavy (non-hydrogen) atoms. The van der Waals surface area contributed by atoms with Crippen molar-refractivity contribution < 1.29 is 63.9 Å². The van der Waals surface area contributed by atoms with E-state index in [-0.39, 0.29) is 0 Å². The Morgan fingerprint density at radius 3 is 1.67 bits per heavy atom. The molecule has 0 aromatic rings. The van der Waals surface area contributed by atoms with Gasteiger partial charge in [-0.3, -0.25) is 0 Å². The molecule has 2 aliphatic heterocycles. The third kappa shape index (κ3) is 4.21. The molecule has 0 saturated carbocycles. The summed E-state index contributed by atoms with van der Waals surface area (Å²) in [6.07, 6.45) is -18.0. The second kappa shape index (κ2) is 8.72. The Balaban J connectivity index is 2.24. The average molecular weight is 396 g/mol. The van der Waals surface area contributed by atoms with E-state index in [0.717, 1.165) is 14.2 Å². The molecule has 2 heterocycles. The lowest BCUT2D eigenvalue weighted by Gasteiger charge is -2.47. The zero-order chi connectivity index (χ0) is 20.5. The molecule has 0 radical (unpaired) electrons. The first-order chi connectivity index (χ1) is 12.6. The number of carboxylic acids is 2. The van der Waals surface area contributed by atoms with Gasteiger partial charge in [-0.15, -0.1) is 0 Å². The lowest BCUT2D eigenvalue weighted by molar-refractivity contribution is -0.381. The first-order valence-electron chi connectivity index (χ1n) is 7.80. The molecule has 156 valence electrons. The van der Waals surface area contributed by atoms with E-state index in [1.807, 2.05) is 0 Å². The number of ether oxygens (including phenoxy) is 5. The highest BCUT2D eigenvalue weighted by Gasteiger charge is 2.51. The van der Waals surface area contributed by atoms with Crippen molar-refractivity contribution in [3.63, 3.8) is 0 Å². The predicted molar refractivity (Wildman–Crippen MR) is 74.0 cm³/mol. The van der Waals surface area contributed by atoms with Crippen LogP contribution in [0.3, 0.4) is 0 Å². The van der Waals surface area contributed by atoms with Crippen molar-refractivity contribution in [2.24, 2.45) is 0 Å². The molecule has 2 saturated heterocycles. The van der Waals surface area contributed by atoms with Gasteiger partial charge in [0.2, 0.25) is 0 Å². The van der Waals surface area contributed by atoms with Crippen LogP contribution in [0.1, 0.15) is 0 Å². The van der Waals surface area contributed by atoms with Crippen molar-refractivity contribution in [3.05, 3.63) is 0 Å². The molecular weight excluding hydrogens is 376 g/mol. The summed E-state index contributed by atoms with van der Waals surface area (Å²) >= 11 is 0. The molecule has 2 fully saturated rings. The topological polar surface area (TPSA) is 207 Å². The normalized spacial score (nSPS) is 45.4. The Morgan fingerprint density at radius 1 is 0.741 bits per heavy atom. The summed E-state index contributed by atoms with van der Waals surface area (Å²) in [7, 11) is 2.15. The highest BCUT2D eigenvalue weighted by Crippen LogP contribution is 2.29. The zero-order valence-electron chi connectivity index (χ0n) is 14.2. The molecule has 0 amide bonds. The third-order valence-corrected chi connectivity index (χ3v) is 4.35. The molecule has 4 N–H and O–H groups in total. The van der Waals surface area contributed by atoms with Gasteiger partial charge in [0.25, 0.3) is 0 Å². The van der Waals surface area contributed by atoms with E-state index in [0.29, 0.717) is 0 Å². The quantitative estimate of drug-likeness (QED) is 0.330. The number of carboxylic acid groups (broad SMARTS) is 2. The van der Waals surface area contributed by atoms with Gasteiger partial charge in [0.1, 0.15) is 48.8 Å². The van der Waals surface area contributed by atoms with Crippen LogP contribution in [0, 0.1) is 0 Å². The number of rotatable bonds is 6. The van der Waals surface area contributed by atoms with Crippen LogP contribution in [-0.2, 0) is 33.3 Å². The van der Waals surface area contributed by atoms with E-state index in [4.69, 9.17) is 23.7 Å². The van der Waals surface area contributed by atoms with Crippen LogP contribution < -0.4 is 10.2 Å². The molecule has 0 aliphatic carbocycles. The zero-order valence-corrected chi connectivity index (χ0v) is 14.2. The van der Waals surface area contributed by atoms with E-state index < -0.39 is 73.4 Å². The van der Waals surface area contributed by atoms with Crippen molar-refractivity contribution in [2.75, 3.05) is 14.2 Å². The summed E-state index contributed by atoms with van der Waals surface area (Å²) < 4.78 is 24.5. The second-order valence-electron chi connectivity index (χ2n) is 5.99. The summed E-state index contributed by atoms with van der Waals surface area (Å²) in [5.74, 6) is -3.64. The van der Waals surface area contributed by atoms with Crippen LogP contribution in [0.5, 0.6) is 0 Å². The van der Waals surface area contributed by atoms with Crippen molar-refractivity contribution >= 4 is 11.9 Å². The third-order valence-electron chi connectivity index (χ3n) is 4.35. The standard InChI is InChI=1S/C14H22O13/c1-23-7-3(15)6(18)14(27-9(7)11(19)20)25-8-4(16)5(17)13(24-2)26-10(8)12(21)22/h3-10,13-18H,1-2H3,(H,19,20)(H,21,22)/p-2. The number of hydrogen-bond donors (Lipinski definition) is 4. The number of hydrogen-bond acceptors (Lipinski definition) is 13. The van der Waals surface area contributed by atoms with Crippen LogP contribution >= 0.6 is 0 Å². The monoisotopic (exact) mass is 396 g/mol. The van der Waals surface area contributed by atoms with Gasteiger partial charge in [0, 0.05) is 14.2 Å². The Labute approximate surface area is 152 Å². The lowest BCUT2D eigenvalue weighted by Crippen LogP contribution is -2.67. The van der Waals surface area contributed by atoms with E-state index in [1.54, 1.807) is 0 Å². The van der Waals surface area contributed by atoms with Gasteiger partial charge < -0.3 is 63.9 Å². The molecule has 0 aromatic carbocycles. The molecule has 0 bridgehead atoms. The SMILES string of the molecule is COC1OC(C(=O)[O-])C(OC2OC(C(=O)[O-])C(OC)C(O)C2O)C(O)C1O. The highest BCUT2D eigenvalue weighted by atomic mass is 16.7. The molecule has 10 unspecified atom stereocenters. The van der Waals surface area contributed by atoms with E-state index in [1.165, 1.54) is 0 Å². The van der Waals surface area contributed by atoms with Crippen LogP contribution in [0.2, 0.25) is 0 Å². The van der Waals surface area contributed by atoms with Gasteiger partial charge in [-0.1, -0.05) is 0 Å². The number of methoxy groups -OCH3 is 2.